The zero-order valence-corrected chi connectivity index (χ0v) is 15.6. The molecule has 0 aromatic heterocycles. The number of halogens is 2. The van der Waals surface area contributed by atoms with E-state index in [1.807, 2.05) is 4.90 Å². The van der Waals surface area contributed by atoms with Crippen molar-refractivity contribution in [3.8, 4) is 0 Å². The number of benzene rings is 2. The average Bonchev–Trinajstić information content (AvgIpc) is 2.69. The van der Waals surface area contributed by atoms with Gasteiger partial charge in [-0.1, -0.05) is 12.1 Å². The van der Waals surface area contributed by atoms with Crippen molar-refractivity contribution in [3.05, 3.63) is 65.7 Å². The highest BCUT2D eigenvalue weighted by Gasteiger charge is 2.25. The normalized spacial score (nSPS) is 14.7. The number of aryl methyl sites for hydroxylation is 1. The van der Waals surface area contributed by atoms with E-state index in [4.69, 9.17) is 0 Å². The van der Waals surface area contributed by atoms with Crippen molar-refractivity contribution < 1.29 is 23.3 Å². The molecule has 1 fully saturated rings. The quantitative estimate of drug-likeness (QED) is 0.783. The largest absolute Gasteiger partial charge is 0.331 e. The van der Waals surface area contributed by atoms with E-state index in [-0.39, 0.29) is 23.4 Å². The molecule has 2 N–H and O–H groups in total. The number of nitrogens with zero attached hydrogens (tertiary/aromatic N) is 1. The molecule has 0 bridgehead atoms. The number of hydrogen-bond acceptors (Lipinski definition) is 2. The van der Waals surface area contributed by atoms with Gasteiger partial charge in [0.15, 0.2) is 6.54 Å². The van der Waals surface area contributed by atoms with Crippen LogP contribution in [0.3, 0.4) is 0 Å². The van der Waals surface area contributed by atoms with Crippen molar-refractivity contribution in [2.24, 2.45) is 0 Å². The van der Waals surface area contributed by atoms with Crippen LogP contribution in [0.15, 0.2) is 48.5 Å². The predicted octanol–water partition coefficient (Wildman–Crippen LogP) is 1.26. The average molecular weight is 388 g/mol. The number of carbonyl (C=O) groups excluding carboxylic acids is 2. The van der Waals surface area contributed by atoms with Crippen molar-refractivity contribution in [1.29, 1.82) is 0 Å². The first-order chi connectivity index (χ1) is 13.5. The predicted molar refractivity (Wildman–Crippen MR) is 102 cm³/mol. The van der Waals surface area contributed by atoms with Crippen LogP contribution in [0.2, 0.25) is 0 Å². The highest BCUT2D eigenvalue weighted by molar-refractivity contribution is 5.91. The minimum Gasteiger partial charge on any atom is -0.331 e. The smallest absolute Gasteiger partial charge is 0.279 e. The second kappa shape index (κ2) is 9.41. The van der Waals surface area contributed by atoms with Crippen molar-refractivity contribution in [3.63, 3.8) is 0 Å². The summed E-state index contributed by atoms with van der Waals surface area (Å²) in [4.78, 5) is 27.4. The molecular formula is C21H24F2N3O2+. The topological polar surface area (TPSA) is 53.9 Å². The SMILES string of the molecule is O=C(C[NH+]1CCN(C(=O)CCc2ccc(F)cc2)CC1)Nc1ccc(F)cc1. The lowest BCUT2D eigenvalue weighted by molar-refractivity contribution is -0.895. The second-order valence-electron chi connectivity index (χ2n) is 6.99. The molecule has 2 amide bonds. The summed E-state index contributed by atoms with van der Waals surface area (Å²) in [6, 6.07) is 11.9. The van der Waals surface area contributed by atoms with Crippen LogP contribution in [0.5, 0.6) is 0 Å². The van der Waals surface area contributed by atoms with Gasteiger partial charge in [0, 0.05) is 12.1 Å². The maximum atomic E-state index is 12.9. The van der Waals surface area contributed by atoms with Gasteiger partial charge in [0.25, 0.3) is 5.91 Å². The van der Waals surface area contributed by atoms with E-state index in [1.165, 1.54) is 36.4 Å². The third kappa shape index (κ3) is 5.85. The molecular weight excluding hydrogens is 364 g/mol. The highest BCUT2D eigenvalue weighted by atomic mass is 19.1. The molecule has 0 atom stereocenters. The van der Waals surface area contributed by atoms with Gasteiger partial charge >= 0.3 is 0 Å². The number of piperazine rings is 1. The third-order valence-corrected chi connectivity index (χ3v) is 4.90. The Morgan fingerprint density at radius 1 is 0.929 bits per heavy atom. The van der Waals surface area contributed by atoms with E-state index in [9.17, 15) is 18.4 Å². The van der Waals surface area contributed by atoms with Gasteiger partial charge in [0.05, 0.1) is 26.2 Å². The summed E-state index contributed by atoms with van der Waals surface area (Å²) in [6.45, 7) is 2.95. The molecule has 5 nitrogen and oxygen atoms in total. The molecule has 1 aliphatic rings. The summed E-state index contributed by atoms with van der Waals surface area (Å²) in [5.41, 5.74) is 1.51. The van der Waals surface area contributed by atoms with E-state index in [2.05, 4.69) is 5.32 Å². The van der Waals surface area contributed by atoms with Crippen LogP contribution in [-0.2, 0) is 16.0 Å². The van der Waals surface area contributed by atoms with Crippen LogP contribution in [0.1, 0.15) is 12.0 Å². The van der Waals surface area contributed by atoms with Gasteiger partial charge in [0.2, 0.25) is 5.91 Å². The molecule has 0 spiro atoms. The Morgan fingerprint density at radius 2 is 1.50 bits per heavy atom. The first-order valence-corrected chi connectivity index (χ1v) is 9.41. The molecule has 0 saturated carbocycles. The summed E-state index contributed by atoms with van der Waals surface area (Å²) in [5, 5.41) is 2.76. The molecule has 2 aromatic carbocycles. The van der Waals surface area contributed by atoms with E-state index in [1.54, 1.807) is 12.1 Å². The van der Waals surface area contributed by atoms with Gasteiger partial charge in [0.1, 0.15) is 11.6 Å². The summed E-state index contributed by atoms with van der Waals surface area (Å²) in [5.74, 6) is -0.668. The molecule has 148 valence electrons. The standard InChI is InChI=1S/C21H23F2N3O2/c22-17-4-1-16(2-5-17)3-10-21(28)26-13-11-25(12-14-26)15-20(27)24-19-8-6-18(23)7-9-19/h1-2,4-9H,3,10-15H2,(H,24,27)/p+1. The molecule has 0 aliphatic carbocycles. The van der Waals surface area contributed by atoms with Crippen molar-refractivity contribution in [2.45, 2.75) is 12.8 Å². The summed E-state index contributed by atoms with van der Waals surface area (Å²) < 4.78 is 25.8. The highest BCUT2D eigenvalue weighted by Crippen LogP contribution is 2.08. The lowest BCUT2D eigenvalue weighted by atomic mass is 10.1. The van der Waals surface area contributed by atoms with Crippen LogP contribution >= 0.6 is 0 Å². The molecule has 7 heteroatoms. The number of rotatable bonds is 6. The molecule has 1 heterocycles. The van der Waals surface area contributed by atoms with Crippen molar-refractivity contribution in [1.82, 2.24) is 4.90 Å². The van der Waals surface area contributed by atoms with Gasteiger partial charge in [-0.05, 0) is 48.4 Å². The number of nitrogens with one attached hydrogen (secondary N) is 2. The maximum Gasteiger partial charge on any atom is 0.279 e. The van der Waals surface area contributed by atoms with Crippen molar-refractivity contribution in [2.75, 3.05) is 38.0 Å². The lowest BCUT2D eigenvalue weighted by Crippen LogP contribution is -3.15. The lowest BCUT2D eigenvalue weighted by Gasteiger charge is -2.32. The number of quaternary nitrogens is 1. The van der Waals surface area contributed by atoms with Crippen LogP contribution in [0, 0.1) is 11.6 Å². The zero-order chi connectivity index (χ0) is 19.9. The minimum absolute atomic E-state index is 0.0825. The Balaban J connectivity index is 1.38. The summed E-state index contributed by atoms with van der Waals surface area (Å²) >= 11 is 0. The Kier molecular flexibility index (Phi) is 6.71. The van der Waals surface area contributed by atoms with Gasteiger partial charge < -0.3 is 15.1 Å². The van der Waals surface area contributed by atoms with E-state index in [0.29, 0.717) is 51.3 Å². The Morgan fingerprint density at radius 3 is 2.11 bits per heavy atom. The Bertz CT molecular complexity index is 801. The van der Waals surface area contributed by atoms with E-state index < -0.39 is 0 Å². The van der Waals surface area contributed by atoms with Crippen LogP contribution in [0.25, 0.3) is 0 Å². The number of carbonyl (C=O) groups is 2. The fourth-order valence-corrected chi connectivity index (χ4v) is 3.28. The Labute approximate surface area is 162 Å². The van der Waals surface area contributed by atoms with Gasteiger partial charge in [-0.2, -0.15) is 0 Å². The van der Waals surface area contributed by atoms with Crippen molar-refractivity contribution >= 4 is 17.5 Å². The van der Waals surface area contributed by atoms with Crippen LogP contribution in [-0.4, -0.2) is 49.4 Å². The zero-order valence-electron chi connectivity index (χ0n) is 15.6. The van der Waals surface area contributed by atoms with Crippen LogP contribution < -0.4 is 10.2 Å². The second-order valence-corrected chi connectivity index (χ2v) is 6.99. The number of anilines is 1. The van der Waals surface area contributed by atoms with Gasteiger partial charge in [-0.15, -0.1) is 0 Å². The number of hydrogen-bond donors (Lipinski definition) is 2. The molecule has 1 saturated heterocycles. The van der Waals surface area contributed by atoms with Gasteiger partial charge in [-0.25, -0.2) is 8.78 Å². The van der Waals surface area contributed by atoms with Crippen LogP contribution in [0.4, 0.5) is 14.5 Å². The molecule has 2 aromatic rings. The molecule has 0 unspecified atom stereocenters. The Hall–Kier alpha value is -2.80. The van der Waals surface area contributed by atoms with Gasteiger partial charge in [-0.3, -0.25) is 9.59 Å². The van der Waals surface area contributed by atoms with E-state index >= 15 is 0 Å². The fraction of sp³-hybridized carbons (Fsp3) is 0.333. The minimum atomic E-state index is -0.344. The first-order valence-electron chi connectivity index (χ1n) is 9.41. The summed E-state index contributed by atoms with van der Waals surface area (Å²) in [6.07, 6.45) is 0.984. The number of amides is 2. The maximum absolute atomic E-state index is 12.9. The first kappa shape index (κ1) is 19.9. The van der Waals surface area contributed by atoms with E-state index in [0.717, 1.165) is 10.5 Å². The fourth-order valence-electron chi connectivity index (χ4n) is 3.28. The third-order valence-electron chi connectivity index (χ3n) is 4.90. The monoisotopic (exact) mass is 388 g/mol. The molecule has 28 heavy (non-hydrogen) atoms. The summed E-state index contributed by atoms with van der Waals surface area (Å²) in [7, 11) is 0. The molecule has 0 radical (unpaired) electrons. The molecule has 3 rings (SSSR count). The molecule has 1 aliphatic heterocycles.